The smallest absolute Gasteiger partial charge is 0.348 e. The van der Waals surface area contributed by atoms with Gasteiger partial charge in [-0.2, -0.15) is 9.78 Å². The van der Waals surface area contributed by atoms with Crippen molar-refractivity contribution in [2.75, 3.05) is 4.90 Å². The summed E-state index contributed by atoms with van der Waals surface area (Å²) >= 11 is 1.35. The van der Waals surface area contributed by atoms with Crippen LogP contribution in [0.2, 0.25) is 0 Å². The summed E-state index contributed by atoms with van der Waals surface area (Å²) in [6.07, 6.45) is 16.3. The summed E-state index contributed by atoms with van der Waals surface area (Å²) in [6.45, 7) is 6.83. The van der Waals surface area contributed by atoms with Crippen LogP contribution in [0.4, 0.5) is 5.69 Å². The van der Waals surface area contributed by atoms with E-state index in [9.17, 15) is 14.7 Å². The number of rotatable bonds is 6. The first-order chi connectivity index (χ1) is 17.7. The predicted octanol–water partition coefficient (Wildman–Crippen LogP) is 6.39. The van der Waals surface area contributed by atoms with Crippen molar-refractivity contribution in [2.24, 2.45) is 17.3 Å². The van der Waals surface area contributed by atoms with Gasteiger partial charge in [0.1, 0.15) is 10.9 Å². The summed E-state index contributed by atoms with van der Waals surface area (Å²) in [7, 11) is 0. The maximum absolute atomic E-state index is 14.2. The van der Waals surface area contributed by atoms with Crippen LogP contribution < -0.4 is 9.58 Å². The van der Waals surface area contributed by atoms with Crippen LogP contribution in [-0.4, -0.2) is 33.1 Å². The van der Waals surface area contributed by atoms with Crippen molar-refractivity contribution in [1.82, 2.24) is 10.1 Å². The molecule has 2 heterocycles. The molecule has 0 radical (unpaired) electrons. The van der Waals surface area contributed by atoms with E-state index in [-0.39, 0.29) is 23.3 Å². The van der Waals surface area contributed by atoms with Gasteiger partial charge < -0.3 is 10.0 Å². The number of aromatic nitrogens is 3. The van der Waals surface area contributed by atoms with Gasteiger partial charge in [-0.1, -0.05) is 26.8 Å². The number of anilines is 1. The van der Waals surface area contributed by atoms with Crippen LogP contribution in [-0.2, 0) is 4.79 Å². The second kappa shape index (κ2) is 10.7. The number of carboxylic acids is 1. The summed E-state index contributed by atoms with van der Waals surface area (Å²) in [6, 6.07) is 2.38. The molecule has 0 spiro atoms. The minimum absolute atomic E-state index is 0.0180. The Morgan fingerprint density at radius 1 is 1.14 bits per heavy atom. The first kappa shape index (κ1) is 26.1. The van der Waals surface area contributed by atoms with E-state index in [0.717, 1.165) is 75.5 Å². The Bertz CT molecular complexity index is 1140. The summed E-state index contributed by atoms with van der Waals surface area (Å²) in [4.78, 5) is 34.1. The highest BCUT2D eigenvalue weighted by Crippen LogP contribution is 2.44. The van der Waals surface area contributed by atoms with Crippen molar-refractivity contribution in [1.29, 1.82) is 0 Å². The van der Waals surface area contributed by atoms with Crippen LogP contribution in [0.1, 0.15) is 112 Å². The normalized spacial score (nSPS) is 27.9. The number of aromatic carboxylic acids is 1. The molecule has 0 aliphatic heterocycles. The molecule has 0 aromatic carbocycles. The van der Waals surface area contributed by atoms with E-state index in [1.165, 1.54) is 16.9 Å². The Hall–Kier alpha value is -2.48. The van der Waals surface area contributed by atoms with Gasteiger partial charge in [0, 0.05) is 16.8 Å². The number of hydrogen-bond acceptors (Lipinski definition) is 4. The maximum atomic E-state index is 14.2. The number of allylic oxidation sites excluding steroid dienone is 2. The standard InChI is InChI=1S/C29H40N4O3S/c1-19-4-6-21(7-5-19)27(34)33(23-10-8-22(9-11-23)32-18-30-17-31-32)24-16-25(37-26(24)28(35)36)20-12-14-29(2,3)15-13-20/h12,16-19,21-23H,4-11,13-15H2,1-3H3,(H,35,36)/p+1. The van der Waals surface area contributed by atoms with E-state index < -0.39 is 5.97 Å². The van der Waals surface area contributed by atoms with Crippen molar-refractivity contribution in [3.05, 3.63) is 34.6 Å². The third-order valence-electron chi connectivity index (χ3n) is 8.95. The molecule has 200 valence electrons. The molecule has 2 saturated carbocycles. The highest BCUT2D eigenvalue weighted by molar-refractivity contribution is 7.15. The second-order valence-electron chi connectivity index (χ2n) is 12.3. The maximum Gasteiger partial charge on any atom is 0.348 e. The Morgan fingerprint density at radius 3 is 2.46 bits per heavy atom. The minimum Gasteiger partial charge on any atom is -0.477 e. The second-order valence-corrected chi connectivity index (χ2v) is 13.3. The van der Waals surface area contributed by atoms with Gasteiger partial charge >= 0.3 is 12.3 Å². The topological polar surface area (TPSA) is 90.2 Å². The molecular formula is C29H41N4O3S+. The van der Waals surface area contributed by atoms with Crippen LogP contribution in [0, 0.1) is 17.3 Å². The first-order valence-corrected chi connectivity index (χ1v) is 14.8. The fraction of sp³-hybridized carbons (Fsp3) is 0.655. The molecule has 1 amide bonds. The molecule has 5 rings (SSSR count). The van der Waals surface area contributed by atoms with E-state index in [4.69, 9.17) is 0 Å². The Kier molecular flexibility index (Phi) is 7.57. The fourth-order valence-electron chi connectivity index (χ4n) is 6.40. The van der Waals surface area contributed by atoms with Crippen molar-refractivity contribution in [3.8, 4) is 0 Å². The molecule has 3 aliphatic carbocycles. The number of carbonyl (C=O) groups excluding carboxylic acids is 1. The van der Waals surface area contributed by atoms with Crippen LogP contribution in [0.15, 0.2) is 24.8 Å². The quantitative estimate of drug-likeness (QED) is 0.427. The lowest BCUT2D eigenvalue weighted by atomic mass is 9.78. The molecule has 2 aromatic rings. The van der Waals surface area contributed by atoms with Crippen LogP contribution in [0.3, 0.4) is 0 Å². The van der Waals surface area contributed by atoms with Gasteiger partial charge in [-0.3, -0.25) is 4.79 Å². The third kappa shape index (κ3) is 5.69. The van der Waals surface area contributed by atoms with E-state index >= 15 is 0 Å². The molecule has 2 fully saturated rings. The number of aromatic amines is 1. The zero-order valence-electron chi connectivity index (χ0n) is 22.4. The van der Waals surface area contributed by atoms with Crippen molar-refractivity contribution in [2.45, 2.75) is 103 Å². The van der Waals surface area contributed by atoms with Gasteiger partial charge in [0.05, 0.1) is 5.69 Å². The van der Waals surface area contributed by atoms with Crippen LogP contribution in [0.25, 0.3) is 5.57 Å². The molecule has 7 nitrogen and oxygen atoms in total. The number of nitrogens with zero attached hydrogens (tertiary/aromatic N) is 3. The summed E-state index contributed by atoms with van der Waals surface area (Å²) < 4.78 is 2.05. The molecule has 37 heavy (non-hydrogen) atoms. The lowest BCUT2D eigenvalue weighted by Gasteiger charge is -2.38. The summed E-state index contributed by atoms with van der Waals surface area (Å²) in [5, 5.41) is 13.4. The third-order valence-corrected chi connectivity index (χ3v) is 10.1. The largest absolute Gasteiger partial charge is 0.477 e. The van der Waals surface area contributed by atoms with Crippen molar-refractivity contribution < 1.29 is 19.4 Å². The highest BCUT2D eigenvalue weighted by atomic mass is 32.1. The van der Waals surface area contributed by atoms with Gasteiger partial charge in [0.25, 0.3) is 0 Å². The Morgan fingerprint density at radius 2 is 1.86 bits per heavy atom. The number of carbonyl (C=O) groups is 2. The van der Waals surface area contributed by atoms with E-state index in [1.807, 2.05) is 22.0 Å². The number of carboxylic acid groups (broad SMARTS) is 1. The van der Waals surface area contributed by atoms with E-state index in [2.05, 4.69) is 36.9 Å². The number of amides is 1. The van der Waals surface area contributed by atoms with Gasteiger partial charge in [-0.25, -0.2) is 4.79 Å². The van der Waals surface area contributed by atoms with Crippen molar-refractivity contribution in [3.63, 3.8) is 0 Å². The lowest BCUT2D eigenvalue weighted by Crippen LogP contribution is -2.49. The highest BCUT2D eigenvalue weighted by Gasteiger charge is 2.39. The predicted molar refractivity (Wildman–Crippen MR) is 146 cm³/mol. The van der Waals surface area contributed by atoms with Crippen LogP contribution in [0.5, 0.6) is 0 Å². The van der Waals surface area contributed by atoms with Gasteiger partial charge in [0.2, 0.25) is 12.2 Å². The van der Waals surface area contributed by atoms with Crippen LogP contribution >= 0.6 is 11.3 Å². The zero-order chi connectivity index (χ0) is 26.2. The van der Waals surface area contributed by atoms with Crippen molar-refractivity contribution >= 4 is 34.5 Å². The van der Waals surface area contributed by atoms with Gasteiger partial charge in [-0.05, 0) is 98.6 Å². The summed E-state index contributed by atoms with van der Waals surface area (Å²) in [5.41, 5.74) is 2.14. The van der Waals surface area contributed by atoms with E-state index in [1.54, 1.807) is 6.33 Å². The molecule has 0 bridgehead atoms. The average Bonchev–Trinajstić information content (AvgIpc) is 3.56. The molecular weight excluding hydrogens is 484 g/mol. The first-order valence-electron chi connectivity index (χ1n) is 14.0. The fourth-order valence-corrected chi connectivity index (χ4v) is 7.46. The number of nitrogens with one attached hydrogen (secondary N) is 1. The number of thiophene rings is 1. The molecule has 0 saturated heterocycles. The Labute approximate surface area is 224 Å². The zero-order valence-corrected chi connectivity index (χ0v) is 23.2. The lowest BCUT2D eigenvalue weighted by molar-refractivity contribution is -0.777. The minimum atomic E-state index is -0.931. The van der Waals surface area contributed by atoms with Gasteiger partial charge in [-0.15, -0.1) is 11.3 Å². The monoisotopic (exact) mass is 525 g/mol. The molecule has 2 aromatic heterocycles. The summed E-state index contributed by atoms with van der Waals surface area (Å²) in [5.74, 6) is -0.158. The molecule has 0 unspecified atom stereocenters. The number of hydrogen-bond donors (Lipinski definition) is 2. The van der Waals surface area contributed by atoms with Gasteiger partial charge in [0.15, 0.2) is 0 Å². The Balaban J connectivity index is 1.46. The molecule has 2 N–H and O–H groups in total. The average molecular weight is 526 g/mol. The molecule has 0 atom stereocenters. The molecule has 8 heteroatoms. The number of H-pyrrole nitrogens is 1. The SMILES string of the molecule is CC1CCC(C(=O)N(c2cc(C3=CCC(C)(C)CC3)sc2C(=O)O)C2CCC([n+]3cnc[nH]3)CC2)CC1. The molecule has 3 aliphatic rings. The van der Waals surface area contributed by atoms with E-state index in [0.29, 0.717) is 22.5 Å².